The second-order valence-electron chi connectivity index (χ2n) is 3.95. The van der Waals surface area contributed by atoms with E-state index in [1.54, 1.807) is 12.1 Å². The molecule has 6 nitrogen and oxygen atoms in total. The summed E-state index contributed by atoms with van der Waals surface area (Å²) in [5.74, 6) is 1.55. The Morgan fingerprint density at radius 1 is 1.33 bits per heavy atom. The largest absolute Gasteiger partial charge is 0.444 e. The molecule has 1 N–H and O–H groups in total. The molecule has 98 valence electrons. The minimum atomic E-state index is 0.401. The van der Waals surface area contributed by atoms with Crippen molar-refractivity contribution in [2.75, 3.05) is 27.2 Å². The Balaban J connectivity index is 1.98. The van der Waals surface area contributed by atoms with Crippen molar-refractivity contribution in [3.8, 4) is 11.7 Å². The van der Waals surface area contributed by atoms with Gasteiger partial charge in [-0.05, 0) is 42.2 Å². The SMILES string of the molecule is CNCCN(C)Cc1nnc(-c2ccc(Br)o2)o1. The van der Waals surface area contributed by atoms with Crippen molar-refractivity contribution in [3.05, 3.63) is 22.7 Å². The van der Waals surface area contributed by atoms with E-state index in [1.807, 2.05) is 14.1 Å². The monoisotopic (exact) mass is 314 g/mol. The molecule has 2 heterocycles. The number of aromatic nitrogens is 2. The Hall–Kier alpha value is -1.18. The van der Waals surface area contributed by atoms with Crippen LogP contribution < -0.4 is 5.32 Å². The third-order valence-electron chi connectivity index (χ3n) is 2.40. The van der Waals surface area contributed by atoms with Crippen molar-refractivity contribution >= 4 is 15.9 Å². The zero-order valence-corrected chi connectivity index (χ0v) is 11.9. The lowest BCUT2D eigenvalue weighted by molar-refractivity contribution is 0.290. The fourth-order valence-electron chi connectivity index (χ4n) is 1.46. The molecule has 0 aliphatic heterocycles. The van der Waals surface area contributed by atoms with Crippen LogP contribution in [0.4, 0.5) is 0 Å². The van der Waals surface area contributed by atoms with Gasteiger partial charge in [0.25, 0.3) is 5.89 Å². The van der Waals surface area contributed by atoms with Gasteiger partial charge in [-0.1, -0.05) is 0 Å². The lowest BCUT2D eigenvalue weighted by Crippen LogP contribution is -2.27. The molecule has 2 aromatic rings. The Kier molecular flexibility index (Phi) is 4.51. The fraction of sp³-hybridized carbons (Fsp3) is 0.455. The minimum absolute atomic E-state index is 0.401. The lowest BCUT2D eigenvalue weighted by atomic mass is 10.4. The Labute approximate surface area is 113 Å². The standard InChI is InChI=1S/C11H15BrN4O2/c1-13-5-6-16(2)7-10-14-15-11(18-10)8-3-4-9(12)17-8/h3-4,13H,5-7H2,1-2H3. The van der Waals surface area contributed by atoms with Gasteiger partial charge in [0, 0.05) is 13.1 Å². The molecule has 0 atom stereocenters. The summed E-state index contributed by atoms with van der Waals surface area (Å²) in [6.07, 6.45) is 0. The molecule has 0 saturated heterocycles. The van der Waals surface area contributed by atoms with Gasteiger partial charge in [0.05, 0.1) is 6.54 Å². The summed E-state index contributed by atoms with van der Waals surface area (Å²) in [7, 11) is 3.93. The molecule has 2 aromatic heterocycles. The molecule has 0 spiro atoms. The first-order chi connectivity index (χ1) is 8.69. The van der Waals surface area contributed by atoms with Crippen LogP contribution in [0, 0.1) is 0 Å². The van der Waals surface area contributed by atoms with E-state index in [2.05, 4.69) is 36.3 Å². The Morgan fingerprint density at radius 3 is 2.83 bits per heavy atom. The first-order valence-corrected chi connectivity index (χ1v) is 6.39. The molecule has 0 fully saturated rings. The van der Waals surface area contributed by atoms with Crippen molar-refractivity contribution in [1.29, 1.82) is 0 Å². The maximum atomic E-state index is 5.53. The molecule has 7 heteroatoms. The van der Waals surface area contributed by atoms with Crippen molar-refractivity contribution in [2.45, 2.75) is 6.54 Å². The van der Waals surface area contributed by atoms with Crippen LogP contribution >= 0.6 is 15.9 Å². The zero-order chi connectivity index (χ0) is 13.0. The van der Waals surface area contributed by atoms with E-state index in [1.165, 1.54) is 0 Å². The lowest BCUT2D eigenvalue weighted by Gasteiger charge is -2.12. The van der Waals surface area contributed by atoms with Crippen LogP contribution in [0.15, 0.2) is 25.6 Å². The van der Waals surface area contributed by atoms with Gasteiger partial charge in [0.15, 0.2) is 10.4 Å². The molecule has 0 aliphatic rings. The Bertz CT molecular complexity index is 497. The topological polar surface area (TPSA) is 67.3 Å². The van der Waals surface area contributed by atoms with Gasteiger partial charge in [-0.2, -0.15) is 0 Å². The molecule has 0 bridgehead atoms. The van der Waals surface area contributed by atoms with Gasteiger partial charge in [-0.15, -0.1) is 10.2 Å². The fourth-order valence-corrected chi connectivity index (χ4v) is 1.77. The summed E-state index contributed by atoms with van der Waals surface area (Å²) >= 11 is 3.23. The highest BCUT2D eigenvalue weighted by Gasteiger charge is 2.13. The van der Waals surface area contributed by atoms with Gasteiger partial charge in [-0.3, -0.25) is 4.90 Å². The molecule has 0 unspecified atom stereocenters. The molecule has 0 radical (unpaired) electrons. The maximum absolute atomic E-state index is 5.53. The molecule has 0 amide bonds. The molecule has 0 aliphatic carbocycles. The summed E-state index contributed by atoms with van der Waals surface area (Å²) in [6, 6.07) is 3.57. The van der Waals surface area contributed by atoms with Crippen LogP contribution in [0.25, 0.3) is 11.7 Å². The highest BCUT2D eigenvalue weighted by atomic mass is 79.9. The quantitative estimate of drug-likeness (QED) is 0.876. The van der Waals surface area contributed by atoms with E-state index in [-0.39, 0.29) is 0 Å². The predicted molar refractivity (Wildman–Crippen MR) is 70.0 cm³/mol. The number of nitrogens with one attached hydrogen (secondary N) is 1. The summed E-state index contributed by atoms with van der Waals surface area (Å²) in [4.78, 5) is 2.10. The average molecular weight is 315 g/mol. The number of halogens is 1. The summed E-state index contributed by atoms with van der Waals surface area (Å²) in [6.45, 7) is 2.46. The van der Waals surface area contributed by atoms with Gasteiger partial charge in [0.2, 0.25) is 5.89 Å². The highest BCUT2D eigenvalue weighted by Crippen LogP contribution is 2.23. The van der Waals surface area contributed by atoms with E-state index in [0.717, 1.165) is 13.1 Å². The minimum Gasteiger partial charge on any atom is -0.444 e. The summed E-state index contributed by atoms with van der Waals surface area (Å²) < 4.78 is 11.5. The number of furan rings is 1. The second-order valence-corrected chi connectivity index (χ2v) is 4.73. The van der Waals surface area contributed by atoms with Crippen molar-refractivity contribution in [2.24, 2.45) is 0 Å². The smallest absolute Gasteiger partial charge is 0.283 e. The van der Waals surface area contributed by atoms with Crippen LogP contribution in [-0.4, -0.2) is 42.3 Å². The number of nitrogens with zero attached hydrogens (tertiary/aromatic N) is 3. The summed E-state index contributed by atoms with van der Waals surface area (Å²) in [5.41, 5.74) is 0. The van der Waals surface area contributed by atoms with Crippen LogP contribution in [0.1, 0.15) is 5.89 Å². The van der Waals surface area contributed by atoms with E-state index >= 15 is 0 Å². The third kappa shape index (κ3) is 3.41. The molecular formula is C11H15BrN4O2. The molecule has 18 heavy (non-hydrogen) atoms. The first-order valence-electron chi connectivity index (χ1n) is 5.60. The number of rotatable bonds is 6. The summed E-state index contributed by atoms with van der Waals surface area (Å²) in [5, 5.41) is 11.0. The van der Waals surface area contributed by atoms with Gasteiger partial charge in [-0.25, -0.2) is 0 Å². The second kappa shape index (κ2) is 6.12. The average Bonchev–Trinajstić information content (AvgIpc) is 2.95. The van der Waals surface area contributed by atoms with Crippen LogP contribution in [0.5, 0.6) is 0 Å². The number of hydrogen-bond acceptors (Lipinski definition) is 6. The molecular weight excluding hydrogens is 300 g/mol. The zero-order valence-electron chi connectivity index (χ0n) is 10.3. The van der Waals surface area contributed by atoms with Crippen molar-refractivity contribution in [3.63, 3.8) is 0 Å². The van der Waals surface area contributed by atoms with E-state index < -0.39 is 0 Å². The van der Waals surface area contributed by atoms with Gasteiger partial charge >= 0.3 is 0 Å². The van der Waals surface area contributed by atoms with Crippen LogP contribution in [0.2, 0.25) is 0 Å². The molecule has 0 aromatic carbocycles. The van der Waals surface area contributed by atoms with Crippen molar-refractivity contribution in [1.82, 2.24) is 20.4 Å². The maximum Gasteiger partial charge on any atom is 0.283 e. The van der Waals surface area contributed by atoms with E-state index in [0.29, 0.717) is 28.8 Å². The van der Waals surface area contributed by atoms with E-state index in [9.17, 15) is 0 Å². The number of likely N-dealkylation sites (N-methyl/N-ethyl adjacent to an activating group) is 2. The van der Waals surface area contributed by atoms with E-state index in [4.69, 9.17) is 8.83 Å². The van der Waals surface area contributed by atoms with Crippen LogP contribution in [-0.2, 0) is 6.54 Å². The van der Waals surface area contributed by atoms with Crippen LogP contribution in [0.3, 0.4) is 0 Å². The molecule has 0 saturated carbocycles. The highest BCUT2D eigenvalue weighted by molar-refractivity contribution is 9.10. The van der Waals surface area contributed by atoms with Gasteiger partial charge in [0.1, 0.15) is 0 Å². The third-order valence-corrected chi connectivity index (χ3v) is 2.83. The normalized spacial score (nSPS) is 11.3. The predicted octanol–water partition coefficient (Wildman–Crippen LogP) is 1.74. The van der Waals surface area contributed by atoms with Crippen molar-refractivity contribution < 1.29 is 8.83 Å². The number of hydrogen-bond donors (Lipinski definition) is 1. The van der Waals surface area contributed by atoms with Gasteiger partial charge < -0.3 is 14.2 Å². The Morgan fingerprint density at radius 2 is 2.17 bits per heavy atom. The first kappa shape index (κ1) is 13.3. The molecule has 2 rings (SSSR count).